The molecule has 2 aromatic rings. The van der Waals surface area contributed by atoms with Crippen LogP contribution in [0.15, 0.2) is 39.7 Å². The minimum atomic E-state index is -1.24. The number of amides is 1. The fourth-order valence-corrected chi connectivity index (χ4v) is 3.85. The number of benzene rings is 1. The van der Waals surface area contributed by atoms with Gasteiger partial charge in [0.25, 0.3) is 5.91 Å². The van der Waals surface area contributed by atoms with E-state index in [0.29, 0.717) is 30.8 Å². The Balaban J connectivity index is 1.79. The van der Waals surface area contributed by atoms with Crippen molar-refractivity contribution in [1.29, 1.82) is 0 Å². The van der Waals surface area contributed by atoms with Crippen LogP contribution in [0, 0.1) is 0 Å². The molecule has 0 N–H and O–H groups in total. The highest BCUT2D eigenvalue weighted by molar-refractivity contribution is 8.26. The van der Waals surface area contributed by atoms with Crippen LogP contribution in [0.25, 0.3) is 17.4 Å². The zero-order valence-corrected chi connectivity index (χ0v) is 16.2. The molecule has 0 aliphatic carbocycles. The summed E-state index contributed by atoms with van der Waals surface area (Å²) in [6.45, 7) is -0.0168. The number of nitrogens with zero attached hydrogens (tertiary/aromatic N) is 1. The molecule has 1 aromatic carbocycles. The summed E-state index contributed by atoms with van der Waals surface area (Å²) < 4.78 is 6.04. The number of halogens is 2. The van der Waals surface area contributed by atoms with E-state index in [4.69, 9.17) is 39.8 Å². The van der Waals surface area contributed by atoms with Crippen LogP contribution in [0.3, 0.4) is 0 Å². The van der Waals surface area contributed by atoms with Gasteiger partial charge in [0.05, 0.1) is 15.0 Å². The van der Waals surface area contributed by atoms with Crippen LogP contribution in [-0.2, 0) is 9.59 Å². The van der Waals surface area contributed by atoms with Gasteiger partial charge in [0.1, 0.15) is 15.8 Å². The number of hydrogen-bond acceptors (Lipinski definition) is 6. The van der Waals surface area contributed by atoms with Crippen molar-refractivity contribution in [3.63, 3.8) is 0 Å². The first-order chi connectivity index (χ1) is 12.3. The summed E-state index contributed by atoms with van der Waals surface area (Å²) in [6.07, 6.45) is 1.29. The number of hydrogen-bond donors (Lipinski definition) is 0. The molecule has 0 saturated carbocycles. The average Bonchev–Trinajstić information content (AvgIpc) is 3.14. The van der Waals surface area contributed by atoms with Gasteiger partial charge in [-0.05, 0) is 30.3 Å². The van der Waals surface area contributed by atoms with Gasteiger partial charge in [-0.3, -0.25) is 9.69 Å². The first-order valence-electron chi connectivity index (χ1n) is 7.35. The lowest BCUT2D eigenvalue weighted by Gasteiger charge is -2.14. The number of carbonyl (C=O) groups is 2. The zero-order chi connectivity index (χ0) is 18.8. The minimum Gasteiger partial charge on any atom is -0.550 e. The number of furan rings is 1. The molecule has 5 nitrogen and oxygen atoms in total. The van der Waals surface area contributed by atoms with E-state index in [1.165, 1.54) is 4.90 Å². The maximum Gasteiger partial charge on any atom is 0.266 e. The molecular formula is C17H10Cl2NO4S2-. The van der Waals surface area contributed by atoms with Crippen LogP contribution in [0.1, 0.15) is 12.2 Å². The monoisotopic (exact) mass is 426 g/mol. The Hall–Kier alpha value is -1.80. The third-order valence-corrected chi connectivity index (χ3v) is 5.63. The van der Waals surface area contributed by atoms with Gasteiger partial charge < -0.3 is 14.3 Å². The number of thioether (sulfide) groups is 1. The van der Waals surface area contributed by atoms with Crippen LogP contribution in [-0.4, -0.2) is 27.6 Å². The van der Waals surface area contributed by atoms with Crippen molar-refractivity contribution in [3.05, 3.63) is 51.0 Å². The van der Waals surface area contributed by atoms with Gasteiger partial charge >= 0.3 is 0 Å². The number of rotatable bonds is 5. The molecule has 1 saturated heterocycles. The molecule has 9 heteroatoms. The summed E-state index contributed by atoms with van der Waals surface area (Å²) in [5.74, 6) is -0.553. The summed E-state index contributed by atoms with van der Waals surface area (Å²) in [5, 5.41) is 11.4. The molecule has 1 fully saturated rings. The smallest absolute Gasteiger partial charge is 0.266 e. The van der Waals surface area contributed by atoms with E-state index in [0.717, 1.165) is 17.3 Å². The highest BCUT2D eigenvalue weighted by Crippen LogP contribution is 2.34. The molecule has 1 aromatic heterocycles. The van der Waals surface area contributed by atoms with Gasteiger partial charge in [-0.1, -0.05) is 47.2 Å². The van der Waals surface area contributed by atoms with Gasteiger partial charge in [-0.2, -0.15) is 0 Å². The predicted molar refractivity (Wildman–Crippen MR) is 104 cm³/mol. The Morgan fingerprint density at radius 1 is 1.27 bits per heavy atom. The lowest BCUT2D eigenvalue weighted by Crippen LogP contribution is -2.33. The van der Waals surface area contributed by atoms with Gasteiger partial charge in [0.2, 0.25) is 0 Å². The Morgan fingerprint density at radius 3 is 2.73 bits per heavy atom. The van der Waals surface area contributed by atoms with E-state index >= 15 is 0 Å². The fourth-order valence-electron chi connectivity index (χ4n) is 2.26. The van der Waals surface area contributed by atoms with E-state index in [1.807, 2.05) is 0 Å². The molecule has 0 spiro atoms. The van der Waals surface area contributed by atoms with Crippen molar-refractivity contribution in [2.75, 3.05) is 6.54 Å². The summed E-state index contributed by atoms with van der Waals surface area (Å²) in [4.78, 5) is 24.5. The average molecular weight is 427 g/mol. The van der Waals surface area contributed by atoms with Gasteiger partial charge in [-0.25, -0.2) is 0 Å². The van der Waals surface area contributed by atoms with Crippen LogP contribution >= 0.6 is 47.2 Å². The highest BCUT2D eigenvalue weighted by atomic mass is 35.5. The van der Waals surface area contributed by atoms with Gasteiger partial charge in [0.15, 0.2) is 0 Å². The van der Waals surface area contributed by atoms with E-state index in [-0.39, 0.29) is 18.9 Å². The molecule has 26 heavy (non-hydrogen) atoms. The molecule has 1 amide bonds. The Kier molecular flexibility index (Phi) is 5.72. The summed E-state index contributed by atoms with van der Waals surface area (Å²) >= 11 is 18.1. The van der Waals surface area contributed by atoms with Crippen LogP contribution < -0.4 is 5.11 Å². The second-order valence-corrected chi connectivity index (χ2v) is 7.78. The fraction of sp³-hybridized carbons (Fsp3) is 0.118. The Bertz CT molecular complexity index is 939. The SMILES string of the molecule is O=C([O-])CCN1C(=O)/C(=C/c2ccc(-c3ccc(Cl)c(Cl)c3)o2)SC1=S. The second-order valence-electron chi connectivity index (χ2n) is 5.29. The third-order valence-electron chi connectivity index (χ3n) is 3.52. The van der Waals surface area contributed by atoms with Gasteiger partial charge in [0, 0.05) is 30.6 Å². The summed E-state index contributed by atoms with van der Waals surface area (Å²) in [7, 11) is 0. The van der Waals surface area contributed by atoms with Crippen LogP contribution in [0.5, 0.6) is 0 Å². The molecular weight excluding hydrogens is 417 g/mol. The third kappa shape index (κ3) is 4.12. The molecule has 0 unspecified atom stereocenters. The number of thiocarbonyl (C=S) groups is 1. The first kappa shape index (κ1) is 19.0. The van der Waals surface area contributed by atoms with Crippen molar-refractivity contribution >= 4 is 69.5 Å². The first-order valence-corrected chi connectivity index (χ1v) is 9.33. The molecule has 2 heterocycles. The number of aliphatic carboxylic acids is 1. The topological polar surface area (TPSA) is 73.6 Å². The second kappa shape index (κ2) is 7.84. The number of carbonyl (C=O) groups excluding carboxylic acids is 2. The maximum absolute atomic E-state index is 12.4. The van der Waals surface area contributed by atoms with Crippen molar-refractivity contribution < 1.29 is 19.1 Å². The lowest BCUT2D eigenvalue weighted by molar-refractivity contribution is -0.305. The molecule has 0 atom stereocenters. The van der Waals surface area contributed by atoms with E-state index in [1.54, 1.807) is 36.4 Å². The molecule has 134 valence electrons. The van der Waals surface area contributed by atoms with Crippen molar-refractivity contribution in [3.8, 4) is 11.3 Å². The van der Waals surface area contributed by atoms with Crippen molar-refractivity contribution in [2.24, 2.45) is 0 Å². The Morgan fingerprint density at radius 2 is 2.04 bits per heavy atom. The molecule has 1 aliphatic rings. The van der Waals surface area contributed by atoms with E-state index < -0.39 is 5.97 Å². The van der Waals surface area contributed by atoms with E-state index in [9.17, 15) is 14.7 Å². The quantitative estimate of drug-likeness (QED) is 0.537. The summed E-state index contributed by atoms with van der Waals surface area (Å²) in [5.41, 5.74) is 0.751. The molecule has 0 radical (unpaired) electrons. The number of carboxylic acid groups (broad SMARTS) is 1. The van der Waals surface area contributed by atoms with Crippen molar-refractivity contribution in [1.82, 2.24) is 4.90 Å². The van der Waals surface area contributed by atoms with E-state index in [2.05, 4.69) is 0 Å². The Labute approximate surface area is 168 Å². The largest absolute Gasteiger partial charge is 0.550 e. The number of carboxylic acids is 1. The molecule has 1 aliphatic heterocycles. The normalized spacial score (nSPS) is 15.9. The van der Waals surface area contributed by atoms with Gasteiger partial charge in [-0.15, -0.1) is 0 Å². The zero-order valence-electron chi connectivity index (χ0n) is 13.0. The van der Waals surface area contributed by atoms with Crippen LogP contribution in [0.4, 0.5) is 0 Å². The van der Waals surface area contributed by atoms with Crippen LogP contribution in [0.2, 0.25) is 10.0 Å². The maximum atomic E-state index is 12.4. The van der Waals surface area contributed by atoms with Crippen molar-refractivity contribution in [2.45, 2.75) is 6.42 Å². The summed E-state index contributed by atoms with van der Waals surface area (Å²) in [6, 6.07) is 8.60. The molecule has 3 rings (SSSR count). The highest BCUT2D eigenvalue weighted by Gasteiger charge is 2.31. The minimum absolute atomic E-state index is 0.0168. The molecule has 0 bridgehead atoms. The lowest BCUT2D eigenvalue weighted by atomic mass is 10.2. The predicted octanol–water partition coefficient (Wildman–Crippen LogP) is 3.59. The standard InChI is InChI=1S/C17H11Cl2NO4S2/c18-11-3-1-9(7-12(11)19)13-4-2-10(24-13)8-14-16(23)20(17(25)26-14)6-5-15(21)22/h1-4,7-8H,5-6H2,(H,21,22)/p-1/b14-8-.